The van der Waals surface area contributed by atoms with Crippen LogP contribution in [0.5, 0.6) is 0 Å². The lowest BCUT2D eigenvalue weighted by Gasteiger charge is -2.09. The Morgan fingerprint density at radius 3 is 1.95 bits per heavy atom. The first-order valence-electron chi connectivity index (χ1n) is 7.21. The van der Waals surface area contributed by atoms with Crippen LogP contribution in [0.15, 0.2) is 24.3 Å². The SMILES string of the molecule is CCCCC(=O)Nc1ccc(NC(=O)CC(C)C)cc1. The van der Waals surface area contributed by atoms with Crippen LogP contribution in [0.1, 0.15) is 46.5 Å². The van der Waals surface area contributed by atoms with Crippen molar-refractivity contribution in [2.75, 3.05) is 10.6 Å². The van der Waals surface area contributed by atoms with E-state index < -0.39 is 0 Å². The van der Waals surface area contributed by atoms with Gasteiger partial charge in [0.25, 0.3) is 0 Å². The summed E-state index contributed by atoms with van der Waals surface area (Å²) in [6.07, 6.45) is 2.96. The normalized spacial score (nSPS) is 10.4. The van der Waals surface area contributed by atoms with Crippen LogP contribution >= 0.6 is 0 Å². The summed E-state index contributed by atoms with van der Waals surface area (Å²) in [7, 11) is 0. The molecular formula is C16H24N2O2. The van der Waals surface area contributed by atoms with Crippen molar-refractivity contribution >= 4 is 23.2 Å². The first-order chi connectivity index (χ1) is 9.51. The summed E-state index contributed by atoms with van der Waals surface area (Å²) in [6.45, 7) is 6.07. The second kappa shape index (κ2) is 8.35. The Hall–Kier alpha value is -1.84. The number of amides is 2. The molecule has 4 heteroatoms. The highest BCUT2D eigenvalue weighted by atomic mass is 16.2. The minimum absolute atomic E-state index is 0.0136. The van der Waals surface area contributed by atoms with E-state index in [2.05, 4.69) is 17.6 Å². The maximum atomic E-state index is 11.6. The molecule has 1 rings (SSSR count). The molecule has 0 radical (unpaired) electrons. The van der Waals surface area contributed by atoms with E-state index in [1.165, 1.54) is 0 Å². The molecule has 0 spiro atoms. The smallest absolute Gasteiger partial charge is 0.224 e. The minimum atomic E-state index is 0.0136. The summed E-state index contributed by atoms with van der Waals surface area (Å²) in [4.78, 5) is 23.2. The molecule has 0 aliphatic heterocycles. The van der Waals surface area contributed by atoms with Crippen molar-refractivity contribution in [2.45, 2.75) is 46.5 Å². The molecule has 0 saturated heterocycles. The Kier molecular flexibility index (Phi) is 6.77. The molecule has 0 heterocycles. The molecule has 2 amide bonds. The summed E-state index contributed by atoms with van der Waals surface area (Å²) >= 11 is 0. The van der Waals surface area contributed by atoms with Crippen molar-refractivity contribution < 1.29 is 9.59 Å². The number of anilines is 2. The first kappa shape index (κ1) is 16.2. The number of hydrogen-bond donors (Lipinski definition) is 2. The van der Waals surface area contributed by atoms with E-state index in [4.69, 9.17) is 0 Å². The van der Waals surface area contributed by atoms with E-state index in [0.29, 0.717) is 18.8 Å². The van der Waals surface area contributed by atoms with Gasteiger partial charge in [-0.05, 0) is 36.6 Å². The van der Waals surface area contributed by atoms with E-state index in [0.717, 1.165) is 24.2 Å². The van der Waals surface area contributed by atoms with Crippen LogP contribution in [0.3, 0.4) is 0 Å². The summed E-state index contributed by atoms with van der Waals surface area (Å²) in [6, 6.07) is 7.20. The molecule has 0 aromatic heterocycles. The van der Waals surface area contributed by atoms with Crippen LogP contribution in [-0.4, -0.2) is 11.8 Å². The van der Waals surface area contributed by atoms with Gasteiger partial charge in [-0.2, -0.15) is 0 Å². The van der Waals surface area contributed by atoms with Crippen molar-refractivity contribution in [1.29, 1.82) is 0 Å². The number of rotatable bonds is 7. The Balaban J connectivity index is 2.47. The van der Waals surface area contributed by atoms with Crippen LogP contribution in [0.4, 0.5) is 11.4 Å². The molecule has 20 heavy (non-hydrogen) atoms. The molecule has 0 aliphatic carbocycles. The van der Waals surface area contributed by atoms with Gasteiger partial charge in [0.1, 0.15) is 0 Å². The standard InChI is InChI=1S/C16H24N2O2/c1-4-5-6-15(19)17-13-7-9-14(10-8-13)18-16(20)11-12(2)3/h7-10,12H,4-6,11H2,1-3H3,(H,17,19)(H,18,20). The zero-order valence-electron chi connectivity index (χ0n) is 12.5. The van der Waals surface area contributed by atoms with Crippen molar-refractivity contribution in [3.8, 4) is 0 Å². The molecule has 110 valence electrons. The number of unbranched alkanes of at least 4 members (excludes halogenated alkanes) is 1. The maximum Gasteiger partial charge on any atom is 0.224 e. The third-order valence-corrected chi connectivity index (χ3v) is 2.80. The average Bonchev–Trinajstić information content (AvgIpc) is 2.37. The molecule has 1 aromatic rings. The average molecular weight is 276 g/mol. The number of benzene rings is 1. The number of carbonyl (C=O) groups excluding carboxylic acids is 2. The van der Waals surface area contributed by atoms with Crippen molar-refractivity contribution in [1.82, 2.24) is 0 Å². The lowest BCUT2D eigenvalue weighted by Crippen LogP contribution is -2.14. The maximum absolute atomic E-state index is 11.6. The topological polar surface area (TPSA) is 58.2 Å². The fourth-order valence-corrected chi connectivity index (χ4v) is 1.78. The fraction of sp³-hybridized carbons (Fsp3) is 0.500. The predicted molar refractivity (Wildman–Crippen MR) is 82.7 cm³/mol. The molecule has 0 fully saturated rings. The van der Waals surface area contributed by atoms with E-state index in [1.807, 2.05) is 13.8 Å². The Morgan fingerprint density at radius 1 is 1.00 bits per heavy atom. The summed E-state index contributed by atoms with van der Waals surface area (Å²) in [5.41, 5.74) is 1.51. The monoisotopic (exact) mass is 276 g/mol. The Labute approximate surface area is 121 Å². The van der Waals surface area contributed by atoms with Crippen molar-refractivity contribution in [3.63, 3.8) is 0 Å². The predicted octanol–water partition coefficient (Wildman–Crippen LogP) is 3.80. The van der Waals surface area contributed by atoms with Gasteiger partial charge in [-0.3, -0.25) is 9.59 Å². The summed E-state index contributed by atoms with van der Waals surface area (Å²) in [5, 5.41) is 5.67. The second-order valence-electron chi connectivity index (χ2n) is 5.38. The molecule has 0 aliphatic rings. The zero-order chi connectivity index (χ0) is 15.0. The zero-order valence-corrected chi connectivity index (χ0v) is 12.5. The number of hydrogen-bond acceptors (Lipinski definition) is 2. The van der Waals surface area contributed by atoms with Crippen molar-refractivity contribution in [3.05, 3.63) is 24.3 Å². The molecule has 0 unspecified atom stereocenters. The quantitative estimate of drug-likeness (QED) is 0.795. The minimum Gasteiger partial charge on any atom is -0.326 e. The molecule has 0 bridgehead atoms. The summed E-state index contributed by atoms with van der Waals surface area (Å²) < 4.78 is 0. The molecule has 0 saturated carbocycles. The van der Waals surface area contributed by atoms with Crippen LogP contribution < -0.4 is 10.6 Å². The second-order valence-corrected chi connectivity index (χ2v) is 5.38. The third kappa shape index (κ3) is 6.36. The van der Waals surface area contributed by atoms with Gasteiger partial charge in [-0.15, -0.1) is 0 Å². The Bertz CT molecular complexity index is 438. The van der Waals surface area contributed by atoms with Gasteiger partial charge >= 0.3 is 0 Å². The van der Waals surface area contributed by atoms with Gasteiger partial charge in [0, 0.05) is 24.2 Å². The van der Waals surface area contributed by atoms with E-state index in [1.54, 1.807) is 24.3 Å². The van der Waals surface area contributed by atoms with Crippen LogP contribution in [-0.2, 0) is 9.59 Å². The van der Waals surface area contributed by atoms with Gasteiger partial charge < -0.3 is 10.6 Å². The van der Waals surface area contributed by atoms with Crippen LogP contribution in [0.2, 0.25) is 0 Å². The highest BCUT2D eigenvalue weighted by molar-refractivity contribution is 5.92. The van der Waals surface area contributed by atoms with E-state index in [9.17, 15) is 9.59 Å². The van der Waals surface area contributed by atoms with Crippen LogP contribution in [0.25, 0.3) is 0 Å². The lowest BCUT2D eigenvalue weighted by molar-refractivity contribution is -0.117. The molecule has 1 aromatic carbocycles. The van der Waals surface area contributed by atoms with Crippen molar-refractivity contribution in [2.24, 2.45) is 5.92 Å². The molecule has 4 nitrogen and oxygen atoms in total. The highest BCUT2D eigenvalue weighted by Gasteiger charge is 2.06. The van der Waals surface area contributed by atoms with E-state index in [-0.39, 0.29) is 11.8 Å². The fourth-order valence-electron chi connectivity index (χ4n) is 1.78. The van der Waals surface area contributed by atoms with Gasteiger partial charge in [-0.25, -0.2) is 0 Å². The van der Waals surface area contributed by atoms with Gasteiger partial charge in [0.05, 0.1) is 0 Å². The highest BCUT2D eigenvalue weighted by Crippen LogP contribution is 2.15. The van der Waals surface area contributed by atoms with Gasteiger partial charge in [0.15, 0.2) is 0 Å². The Morgan fingerprint density at radius 2 is 1.50 bits per heavy atom. The molecule has 2 N–H and O–H groups in total. The lowest BCUT2D eigenvalue weighted by atomic mass is 10.1. The largest absolute Gasteiger partial charge is 0.326 e. The number of carbonyl (C=O) groups is 2. The van der Waals surface area contributed by atoms with E-state index >= 15 is 0 Å². The number of nitrogens with one attached hydrogen (secondary N) is 2. The van der Waals surface area contributed by atoms with Gasteiger partial charge in [-0.1, -0.05) is 27.2 Å². The molecular weight excluding hydrogens is 252 g/mol. The van der Waals surface area contributed by atoms with Crippen LogP contribution in [0, 0.1) is 5.92 Å². The third-order valence-electron chi connectivity index (χ3n) is 2.80. The molecule has 0 atom stereocenters. The van der Waals surface area contributed by atoms with Gasteiger partial charge in [0.2, 0.25) is 11.8 Å². The summed E-state index contributed by atoms with van der Waals surface area (Å²) in [5.74, 6) is 0.385. The first-order valence-corrected chi connectivity index (χ1v) is 7.21.